The minimum atomic E-state index is -0.150. The van der Waals surface area contributed by atoms with Crippen molar-refractivity contribution in [3.63, 3.8) is 0 Å². The van der Waals surface area contributed by atoms with Crippen molar-refractivity contribution in [3.8, 4) is 5.13 Å². The first-order valence-electron chi connectivity index (χ1n) is 8.96. The number of para-hydroxylation sites is 2. The molecule has 2 heterocycles. The van der Waals surface area contributed by atoms with E-state index in [0.717, 1.165) is 5.69 Å². The molecule has 0 aliphatic carbocycles. The van der Waals surface area contributed by atoms with Gasteiger partial charge in [0.25, 0.3) is 5.56 Å². The van der Waals surface area contributed by atoms with Gasteiger partial charge >= 0.3 is 0 Å². The average molecular weight is 390 g/mol. The minimum absolute atomic E-state index is 0.141. The van der Waals surface area contributed by atoms with E-state index in [9.17, 15) is 9.59 Å². The molecule has 28 heavy (non-hydrogen) atoms. The van der Waals surface area contributed by atoms with Crippen LogP contribution in [0.3, 0.4) is 0 Å². The van der Waals surface area contributed by atoms with Crippen molar-refractivity contribution in [1.29, 1.82) is 0 Å². The van der Waals surface area contributed by atoms with Crippen molar-refractivity contribution in [3.05, 3.63) is 81.8 Å². The van der Waals surface area contributed by atoms with Crippen LogP contribution in [0.5, 0.6) is 0 Å². The SMILES string of the molecule is CCc1nc2ccccc2c(=O)n1-c1nc(CC(=O)Nc2ccccc2)cs1. The van der Waals surface area contributed by atoms with Gasteiger partial charge in [-0.05, 0) is 24.3 Å². The first-order chi connectivity index (χ1) is 13.7. The summed E-state index contributed by atoms with van der Waals surface area (Å²) in [4.78, 5) is 34.4. The first kappa shape index (κ1) is 18.1. The van der Waals surface area contributed by atoms with Gasteiger partial charge in [-0.3, -0.25) is 9.59 Å². The molecule has 0 aliphatic heterocycles. The average Bonchev–Trinajstić information content (AvgIpc) is 3.16. The van der Waals surface area contributed by atoms with Gasteiger partial charge in [0.05, 0.1) is 23.0 Å². The number of benzene rings is 2. The third kappa shape index (κ3) is 3.57. The zero-order chi connectivity index (χ0) is 19.5. The number of hydrogen-bond acceptors (Lipinski definition) is 5. The summed E-state index contributed by atoms with van der Waals surface area (Å²) in [5, 5.41) is 5.73. The summed E-state index contributed by atoms with van der Waals surface area (Å²) in [5.74, 6) is 0.501. The van der Waals surface area contributed by atoms with E-state index < -0.39 is 0 Å². The Hall–Kier alpha value is -3.32. The number of fused-ring (bicyclic) bond motifs is 1. The number of thiazole rings is 1. The van der Waals surface area contributed by atoms with Crippen molar-refractivity contribution in [2.24, 2.45) is 0 Å². The highest BCUT2D eigenvalue weighted by Gasteiger charge is 2.15. The second kappa shape index (κ2) is 7.74. The van der Waals surface area contributed by atoms with Gasteiger partial charge in [-0.2, -0.15) is 0 Å². The molecule has 0 radical (unpaired) electrons. The lowest BCUT2D eigenvalue weighted by Gasteiger charge is -2.09. The van der Waals surface area contributed by atoms with Crippen LogP contribution in [-0.2, 0) is 17.6 Å². The number of carbonyl (C=O) groups excluding carboxylic acids is 1. The second-order valence-corrected chi connectivity index (χ2v) is 7.09. The predicted molar refractivity (Wildman–Crippen MR) is 111 cm³/mol. The molecule has 4 rings (SSSR count). The quantitative estimate of drug-likeness (QED) is 0.565. The van der Waals surface area contributed by atoms with Gasteiger partial charge < -0.3 is 5.32 Å². The lowest BCUT2D eigenvalue weighted by Crippen LogP contribution is -2.23. The van der Waals surface area contributed by atoms with Gasteiger partial charge in [0.2, 0.25) is 5.91 Å². The third-order valence-electron chi connectivity index (χ3n) is 4.29. The van der Waals surface area contributed by atoms with Crippen molar-refractivity contribution in [2.75, 3.05) is 5.32 Å². The zero-order valence-corrected chi connectivity index (χ0v) is 16.1. The van der Waals surface area contributed by atoms with Crippen LogP contribution in [0.2, 0.25) is 0 Å². The van der Waals surface area contributed by atoms with Crippen molar-refractivity contribution >= 4 is 33.8 Å². The van der Waals surface area contributed by atoms with Gasteiger partial charge in [-0.1, -0.05) is 37.3 Å². The van der Waals surface area contributed by atoms with E-state index >= 15 is 0 Å². The number of hydrogen-bond donors (Lipinski definition) is 1. The number of nitrogens with zero attached hydrogens (tertiary/aromatic N) is 3. The van der Waals surface area contributed by atoms with E-state index in [-0.39, 0.29) is 17.9 Å². The molecule has 1 amide bonds. The maximum atomic E-state index is 13.0. The lowest BCUT2D eigenvalue weighted by atomic mass is 10.2. The van der Waals surface area contributed by atoms with E-state index in [4.69, 9.17) is 0 Å². The fraction of sp³-hybridized carbons (Fsp3) is 0.143. The molecule has 0 atom stereocenters. The Morgan fingerprint density at radius 2 is 1.82 bits per heavy atom. The Morgan fingerprint density at radius 3 is 2.61 bits per heavy atom. The van der Waals surface area contributed by atoms with Gasteiger partial charge in [0, 0.05) is 17.5 Å². The van der Waals surface area contributed by atoms with Crippen molar-refractivity contribution in [1.82, 2.24) is 14.5 Å². The van der Waals surface area contributed by atoms with E-state index in [2.05, 4.69) is 15.3 Å². The Kier molecular flexibility index (Phi) is 4.99. The van der Waals surface area contributed by atoms with Crippen molar-refractivity contribution < 1.29 is 4.79 Å². The standard InChI is InChI=1S/C21H18N4O2S/c1-2-18-24-17-11-7-6-10-16(17)20(27)25(18)21-23-15(13-28-21)12-19(26)22-14-8-4-3-5-9-14/h3-11,13H,2,12H2,1H3,(H,22,26). The highest BCUT2D eigenvalue weighted by molar-refractivity contribution is 7.12. The number of nitrogens with one attached hydrogen (secondary N) is 1. The highest BCUT2D eigenvalue weighted by Crippen LogP contribution is 2.18. The van der Waals surface area contributed by atoms with Gasteiger partial charge in [0.1, 0.15) is 5.82 Å². The van der Waals surface area contributed by atoms with Gasteiger partial charge in [-0.25, -0.2) is 14.5 Å². The van der Waals surface area contributed by atoms with Gasteiger partial charge in [-0.15, -0.1) is 11.3 Å². The molecule has 140 valence electrons. The largest absolute Gasteiger partial charge is 0.326 e. The van der Waals surface area contributed by atoms with E-state index in [1.807, 2.05) is 55.5 Å². The van der Waals surface area contributed by atoms with Crippen LogP contribution in [-0.4, -0.2) is 20.4 Å². The summed E-state index contributed by atoms with van der Waals surface area (Å²) < 4.78 is 1.55. The fourth-order valence-corrected chi connectivity index (χ4v) is 3.83. The summed E-state index contributed by atoms with van der Waals surface area (Å²) >= 11 is 1.34. The van der Waals surface area contributed by atoms with Crippen LogP contribution in [0.15, 0.2) is 64.8 Å². The molecule has 6 nitrogen and oxygen atoms in total. The predicted octanol–water partition coefficient (Wildman–Crippen LogP) is 3.59. The molecule has 0 unspecified atom stereocenters. The topological polar surface area (TPSA) is 76.9 Å². The maximum absolute atomic E-state index is 13.0. The lowest BCUT2D eigenvalue weighted by molar-refractivity contribution is -0.115. The molecular formula is C21H18N4O2S. The molecule has 0 spiro atoms. The fourth-order valence-electron chi connectivity index (χ4n) is 2.98. The Labute approximate surface area is 165 Å². The van der Waals surface area contributed by atoms with Crippen LogP contribution in [0.4, 0.5) is 5.69 Å². The molecule has 0 aliphatic rings. The Bertz CT molecular complexity index is 1200. The molecule has 1 N–H and O–H groups in total. The van der Waals surface area contributed by atoms with Crippen LogP contribution >= 0.6 is 11.3 Å². The molecular weight excluding hydrogens is 372 g/mol. The molecule has 0 fully saturated rings. The number of aryl methyl sites for hydroxylation is 1. The van der Waals surface area contributed by atoms with Crippen LogP contribution in [0.25, 0.3) is 16.0 Å². The molecule has 7 heteroatoms. The smallest absolute Gasteiger partial charge is 0.267 e. The summed E-state index contributed by atoms with van der Waals surface area (Å²) in [6.07, 6.45) is 0.742. The molecule has 0 saturated heterocycles. The number of amides is 1. The van der Waals surface area contributed by atoms with Crippen LogP contribution in [0, 0.1) is 0 Å². The Morgan fingerprint density at radius 1 is 1.07 bits per heavy atom. The summed E-state index contributed by atoms with van der Waals surface area (Å²) in [5.41, 5.74) is 1.90. The monoisotopic (exact) mass is 390 g/mol. The number of aromatic nitrogens is 3. The zero-order valence-electron chi connectivity index (χ0n) is 15.3. The van der Waals surface area contributed by atoms with E-state index in [0.29, 0.717) is 34.0 Å². The molecule has 2 aromatic heterocycles. The highest BCUT2D eigenvalue weighted by atomic mass is 32.1. The molecule has 0 bridgehead atoms. The van der Waals surface area contributed by atoms with Crippen LogP contribution < -0.4 is 10.9 Å². The number of carbonyl (C=O) groups is 1. The van der Waals surface area contributed by atoms with Crippen molar-refractivity contribution in [2.45, 2.75) is 19.8 Å². The summed E-state index contributed by atoms with van der Waals surface area (Å²) in [6.45, 7) is 1.95. The third-order valence-corrected chi connectivity index (χ3v) is 5.17. The maximum Gasteiger partial charge on any atom is 0.267 e. The van der Waals surface area contributed by atoms with Gasteiger partial charge in [0.15, 0.2) is 5.13 Å². The van der Waals surface area contributed by atoms with E-state index in [1.54, 1.807) is 16.0 Å². The number of rotatable bonds is 5. The van der Waals surface area contributed by atoms with Crippen LogP contribution in [0.1, 0.15) is 18.4 Å². The first-order valence-corrected chi connectivity index (χ1v) is 9.84. The molecule has 2 aromatic carbocycles. The molecule has 4 aromatic rings. The number of anilines is 1. The van der Waals surface area contributed by atoms with E-state index in [1.165, 1.54) is 11.3 Å². The second-order valence-electron chi connectivity index (χ2n) is 6.25. The normalized spacial score (nSPS) is 10.9. The summed E-state index contributed by atoms with van der Waals surface area (Å²) in [6, 6.07) is 16.6. The molecule has 0 saturated carbocycles. The Balaban J connectivity index is 1.63. The minimum Gasteiger partial charge on any atom is -0.326 e. The summed E-state index contributed by atoms with van der Waals surface area (Å²) in [7, 11) is 0.